The van der Waals surface area contributed by atoms with Crippen molar-refractivity contribution in [3.63, 3.8) is 0 Å². The summed E-state index contributed by atoms with van der Waals surface area (Å²) in [6.07, 6.45) is 1.71. The zero-order valence-corrected chi connectivity index (χ0v) is 13.0. The highest BCUT2D eigenvalue weighted by Gasteiger charge is 2.28. The molecule has 1 saturated heterocycles. The first-order valence-electron chi connectivity index (χ1n) is 7.81. The predicted molar refractivity (Wildman–Crippen MR) is 85.4 cm³/mol. The number of benzene rings is 1. The van der Waals surface area contributed by atoms with Crippen LogP contribution in [0.3, 0.4) is 0 Å². The van der Waals surface area contributed by atoms with Crippen LogP contribution in [0, 0.1) is 0 Å². The topological polar surface area (TPSA) is 82.8 Å². The lowest BCUT2D eigenvalue weighted by atomic mass is 10.0. The molecule has 3 rings (SSSR count). The summed E-state index contributed by atoms with van der Waals surface area (Å²) in [7, 11) is 0. The van der Waals surface area contributed by atoms with Crippen molar-refractivity contribution in [3.05, 3.63) is 36.1 Å². The first kappa shape index (κ1) is 15.6. The molecule has 1 aromatic carbocycles. The summed E-state index contributed by atoms with van der Waals surface area (Å²) in [6.45, 7) is 2.95. The second kappa shape index (κ2) is 6.42. The van der Waals surface area contributed by atoms with Crippen LogP contribution in [0.1, 0.15) is 30.3 Å². The van der Waals surface area contributed by atoms with E-state index in [0.717, 1.165) is 24.8 Å². The van der Waals surface area contributed by atoms with Crippen LogP contribution in [0.5, 0.6) is 0 Å². The molecule has 1 amide bonds. The maximum Gasteiger partial charge on any atom is 0.320 e. The average Bonchev–Trinajstić information content (AvgIpc) is 2.98. The number of carbonyl (C=O) groups is 2. The van der Waals surface area contributed by atoms with Gasteiger partial charge in [-0.15, -0.1) is 0 Å². The monoisotopic (exact) mass is 316 g/mol. The summed E-state index contributed by atoms with van der Waals surface area (Å²) in [6, 6.07) is 8.60. The molecular formula is C17H20N2O4. The van der Waals surface area contributed by atoms with Crippen molar-refractivity contribution in [2.24, 2.45) is 0 Å². The van der Waals surface area contributed by atoms with E-state index in [1.165, 1.54) is 0 Å². The van der Waals surface area contributed by atoms with Crippen LogP contribution < -0.4 is 5.32 Å². The highest BCUT2D eigenvalue weighted by molar-refractivity contribution is 5.96. The van der Waals surface area contributed by atoms with Crippen molar-refractivity contribution in [3.8, 4) is 0 Å². The van der Waals surface area contributed by atoms with E-state index in [1.807, 2.05) is 29.2 Å². The van der Waals surface area contributed by atoms with Crippen molar-refractivity contribution in [2.75, 3.05) is 13.1 Å². The Bertz CT molecular complexity index is 691. The Morgan fingerprint density at radius 2 is 2.17 bits per heavy atom. The smallest absolute Gasteiger partial charge is 0.320 e. The summed E-state index contributed by atoms with van der Waals surface area (Å²) in [5.74, 6) is -0.806. The van der Waals surface area contributed by atoms with Gasteiger partial charge in [-0.2, -0.15) is 0 Å². The van der Waals surface area contributed by atoms with Gasteiger partial charge in [-0.3, -0.25) is 14.5 Å². The van der Waals surface area contributed by atoms with Gasteiger partial charge in [0.05, 0.1) is 0 Å². The minimum atomic E-state index is -0.839. The van der Waals surface area contributed by atoms with Crippen LogP contribution in [0.25, 0.3) is 11.0 Å². The second-order valence-electron chi connectivity index (χ2n) is 5.97. The molecule has 6 nitrogen and oxygen atoms in total. The quantitative estimate of drug-likeness (QED) is 0.902. The lowest BCUT2D eigenvalue weighted by molar-refractivity contribution is -0.143. The van der Waals surface area contributed by atoms with E-state index in [1.54, 1.807) is 13.0 Å². The molecule has 122 valence electrons. The van der Waals surface area contributed by atoms with E-state index in [0.29, 0.717) is 12.1 Å². The normalized spacial score (nSPS) is 20.3. The van der Waals surface area contributed by atoms with Gasteiger partial charge in [0.25, 0.3) is 5.91 Å². The molecule has 0 bridgehead atoms. The van der Waals surface area contributed by atoms with Crippen LogP contribution in [0.15, 0.2) is 34.7 Å². The SMILES string of the molecule is CC(C(=O)O)N1CCCC(NC(=O)c2cc3ccccc3o2)C1. The van der Waals surface area contributed by atoms with Crippen LogP contribution in [0.2, 0.25) is 0 Å². The first-order valence-corrected chi connectivity index (χ1v) is 7.81. The van der Waals surface area contributed by atoms with Gasteiger partial charge in [-0.25, -0.2) is 0 Å². The third-order valence-electron chi connectivity index (χ3n) is 4.34. The third-order valence-corrected chi connectivity index (χ3v) is 4.34. The van der Waals surface area contributed by atoms with E-state index < -0.39 is 12.0 Å². The van der Waals surface area contributed by atoms with E-state index in [4.69, 9.17) is 9.52 Å². The highest BCUT2D eigenvalue weighted by atomic mass is 16.4. The van der Waals surface area contributed by atoms with E-state index in [9.17, 15) is 9.59 Å². The number of amides is 1. The van der Waals surface area contributed by atoms with Gasteiger partial charge in [-0.05, 0) is 38.4 Å². The number of fused-ring (bicyclic) bond motifs is 1. The minimum absolute atomic E-state index is 0.0636. The summed E-state index contributed by atoms with van der Waals surface area (Å²) in [4.78, 5) is 25.3. The molecule has 6 heteroatoms. The van der Waals surface area contributed by atoms with Gasteiger partial charge < -0.3 is 14.8 Å². The number of furan rings is 1. The van der Waals surface area contributed by atoms with Crippen molar-refractivity contribution in [1.82, 2.24) is 10.2 Å². The predicted octanol–water partition coefficient (Wildman–Crippen LogP) is 2.10. The lowest BCUT2D eigenvalue weighted by Crippen LogP contribution is -2.52. The van der Waals surface area contributed by atoms with Crippen LogP contribution in [-0.2, 0) is 4.79 Å². The zero-order chi connectivity index (χ0) is 16.4. The number of hydrogen-bond donors (Lipinski definition) is 2. The number of para-hydroxylation sites is 1. The molecule has 1 aliphatic rings. The van der Waals surface area contributed by atoms with Gasteiger partial charge in [0, 0.05) is 18.0 Å². The zero-order valence-electron chi connectivity index (χ0n) is 13.0. The number of hydrogen-bond acceptors (Lipinski definition) is 4. The number of nitrogens with zero attached hydrogens (tertiary/aromatic N) is 1. The number of rotatable bonds is 4. The standard InChI is InChI=1S/C17H20N2O4/c1-11(17(21)22)19-8-4-6-13(10-19)18-16(20)15-9-12-5-2-3-7-14(12)23-15/h2-3,5,7,9,11,13H,4,6,8,10H2,1H3,(H,18,20)(H,21,22). The van der Waals surface area contributed by atoms with Crippen LogP contribution in [-0.4, -0.2) is 47.1 Å². The van der Waals surface area contributed by atoms with Crippen LogP contribution in [0.4, 0.5) is 0 Å². The Balaban J connectivity index is 1.66. The minimum Gasteiger partial charge on any atom is -0.480 e. The molecule has 23 heavy (non-hydrogen) atoms. The van der Waals surface area contributed by atoms with Gasteiger partial charge in [0.2, 0.25) is 0 Å². The largest absolute Gasteiger partial charge is 0.480 e. The maximum absolute atomic E-state index is 12.4. The molecule has 2 atom stereocenters. The molecule has 2 unspecified atom stereocenters. The number of carbonyl (C=O) groups excluding carboxylic acids is 1. The van der Waals surface area contributed by atoms with Gasteiger partial charge in [0.1, 0.15) is 11.6 Å². The molecule has 0 radical (unpaired) electrons. The molecule has 2 heterocycles. The van der Waals surface area contributed by atoms with Crippen molar-refractivity contribution >= 4 is 22.8 Å². The molecular weight excluding hydrogens is 296 g/mol. The number of aliphatic carboxylic acids is 1. The molecule has 1 aromatic heterocycles. The number of carboxylic acids is 1. The Labute approximate surface area is 134 Å². The Morgan fingerprint density at radius 1 is 1.39 bits per heavy atom. The summed E-state index contributed by atoms with van der Waals surface area (Å²) < 4.78 is 5.56. The number of likely N-dealkylation sites (tertiary alicyclic amines) is 1. The molecule has 0 spiro atoms. The number of piperidine rings is 1. The Morgan fingerprint density at radius 3 is 2.91 bits per heavy atom. The maximum atomic E-state index is 12.4. The van der Waals surface area contributed by atoms with Gasteiger partial charge in [-0.1, -0.05) is 18.2 Å². The highest BCUT2D eigenvalue weighted by Crippen LogP contribution is 2.19. The van der Waals surface area contributed by atoms with Crippen molar-refractivity contribution < 1.29 is 19.1 Å². The lowest BCUT2D eigenvalue weighted by Gasteiger charge is -2.35. The summed E-state index contributed by atoms with van der Waals surface area (Å²) >= 11 is 0. The van der Waals surface area contributed by atoms with E-state index >= 15 is 0 Å². The first-order chi connectivity index (χ1) is 11.0. The molecule has 1 aliphatic heterocycles. The molecule has 2 aromatic rings. The molecule has 2 N–H and O–H groups in total. The van der Waals surface area contributed by atoms with Gasteiger partial charge in [0.15, 0.2) is 5.76 Å². The summed E-state index contributed by atoms with van der Waals surface area (Å²) in [5.41, 5.74) is 0.683. The molecule has 0 aliphatic carbocycles. The Kier molecular flexibility index (Phi) is 4.34. The third kappa shape index (κ3) is 3.37. The fourth-order valence-electron chi connectivity index (χ4n) is 2.98. The molecule has 0 saturated carbocycles. The summed E-state index contributed by atoms with van der Waals surface area (Å²) in [5, 5.41) is 13.0. The number of carboxylic acid groups (broad SMARTS) is 1. The number of nitrogens with one attached hydrogen (secondary N) is 1. The van der Waals surface area contributed by atoms with Crippen LogP contribution >= 0.6 is 0 Å². The van der Waals surface area contributed by atoms with Crippen molar-refractivity contribution in [1.29, 1.82) is 0 Å². The second-order valence-corrected chi connectivity index (χ2v) is 5.97. The molecule has 1 fully saturated rings. The fourth-order valence-corrected chi connectivity index (χ4v) is 2.98. The fraction of sp³-hybridized carbons (Fsp3) is 0.412. The van der Waals surface area contributed by atoms with E-state index in [-0.39, 0.29) is 17.7 Å². The van der Waals surface area contributed by atoms with Crippen molar-refractivity contribution in [2.45, 2.75) is 31.8 Å². The van der Waals surface area contributed by atoms with E-state index in [2.05, 4.69) is 5.32 Å². The van der Waals surface area contributed by atoms with Gasteiger partial charge >= 0.3 is 5.97 Å². The average molecular weight is 316 g/mol. The Hall–Kier alpha value is -2.34.